The van der Waals surface area contributed by atoms with Gasteiger partial charge in [0.15, 0.2) is 0 Å². The fourth-order valence-electron chi connectivity index (χ4n) is 4.33. The summed E-state index contributed by atoms with van der Waals surface area (Å²) in [6, 6.07) is 0. The molecule has 0 amide bonds. The van der Waals surface area contributed by atoms with Crippen molar-refractivity contribution in [1.82, 2.24) is 0 Å². The molecule has 0 aromatic carbocycles. The largest absolute Gasteiger partial charge is 0.508 e. The number of ether oxygens (including phenoxy) is 4. The van der Waals surface area contributed by atoms with Gasteiger partial charge in [0.25, 0.3) is 0 Å². The van der Waals surface area contributed by atoms with E-state index in [4.69, 9.17) is 18.9 Å². The molecule has 4 unspecified atom stereocenters. The van der Waals surface area contributed by atoms with Crippen LogP contribution in [0.4, 0.5) is 9.59 Å². The molecular weight excluding hydrogens is 408 g/mol. The first-order valence-corrected chi connectivity index (χ1v) is 13.2. The maximum atomic E-state index is 12.2. The summed E-state index contributed by atoms with van der Waals surface area (Å²) >= 11 is 0. The van der Waals surface area contributed by atoms with Gasteiger partial charge < -0.3 is 18.9 Å². The monoisotopic (exact) mass is 456 g/mol. The van der Waals surface area contributed by atoms with Crippen LogP contribution < -0.4 is 0 Å². The summed E-state index contributed by atoms with van der Waals surface area (Å²) in [5.74, 6) is 0.791. The lowest BCUT2D eigenvalue weighted by atomic mass is 9.95. The molecule has 32 heavy (non-hydrogen) atoms. The standard InChI is InChI=1S/C26H48O6/c1-5-9-11-15-22(13-7-3)20-30-26(28)32-24-17-12-16-23(18-24)31-25(27)29-19-21(8-4)14-10-6-2/h21-24H,5-20H2,1-4H3. The van der Waals surface area contributed by atoms with Crippen molar-refractivity contribution >= 4 is 12.3 Å². The predicted octanol–water partition coefficient (Wildman–Crippen LogP) is 7.82. The Bertz CT molecular complexity index is 495. The van der Waals surface area contributed by atoms with Crippen molar-refractivity contribution < 1.29 is 28.5 Å². The highest BCUT2D eigenvalue weighted by Gasteiger charge is 2.29. The molecule has 1 aliphatic carbocycles. The van der Waals surface area contributed by atoms with Gasteiger partial charge in [0, 0.05) is 6.42 Å². The molecule has 0 saturated heterocycles. The molecule has 0 aromatic rings. The molecule has 0 aliphatic heterocycles. The molecule has 0 aromatic heterocycles. The summed E-state index contributed by atoms with van der Waals surface area (Å²) in [5, 5.41) is 0. The van der Waals surface area contributed by atoms with Crippen LogP contribution in [0.3, 0.4) is 0 Å². The smallest absolute Gasteiger partial charge is 0.434 e. The van der Waals surface area contributed by atoms with E-state index >= 15 is 0 Å². The molecule has 1 fully saturated rings. The van der Waals surface area contributed by atoms with Crippen LogP contribution in [0.5, 0.6) is 0 Å². The minimum atomic E-state index is -0.609. The lowest BCUT2D eigenvalue weighted by Gasteiger charge is -2.28. The van der Waals surface area contributed by atoms with Crippen molar-refractivity contribution in [3.8, 4) is 0 Å². The van der Waals surface area contributed by atoms with Crippen LogP contribution in [0.2, 0.25) is 0 Å². The van der Waals surface area contributed by atoms with Gasteiger partial charge in [-0.2, -0.15) is 0 Å². The molecule has 1 aliphatic rings. The molecular formula is C26H48O6. The number of carbonyl (C=O) groups is 2. The van der Waals surface area contributed by atoms with Crippen molar-refractivity contribution in [2.24, 2.45) is 11.8 Å². The second-order valence-electron chi connectivity index (χ2n) is 9.34. The van der Waals surface area contributed by atoms with Crippen LogP contribution in [0, 0.1) is 11.8 Å². The maximum Gasteiger partial charge on any atom is 0.508 e. The molecule has 0 spiro atoms. The van der Waals surface area contributed by atoms with Crippen LogP contribution in [0.1, 0.15) is 118 Å². The average Bonchev–Trinajstić information content (AvgIpc) is 2.78. The average molecular weight is 457 g/mol. The minimum Gasteiger partial charge on any atom is -0.434 e. The van der Waals surface area contributed by atoms with Gasteiger partial charge in [-0.05, 0) is 50.4 Å². The third kappa shape index (κ3) is 13.2. The van der Waals surface area contributed by atoms with Gasteiger partial charge in [0.1, 0.15) is 12.2 Å². The number of hydrogen-bond donors (Lipinski definition) is 0. The molecule has 188 valence electrons. The lowest BCUT2D eigenvalue weighted by Crippen LogP contribution is -2.32. The van der Waals surface area contributed by atoms with Gasteiger partial charge in [0.2, 0.25) is 0 Å². The van der Waals surface area contributed by atoms with Crippen LogP contribution in [0.15, 0.2) is 0 Å². The van der Waals surface area contributed by atoms with E-state index in [1.54, 1.807) is 0 Å². The number of unbranched alkanes of at least 4 members (excludes halogenated alkanes) is 3. The summed E-state index contributed by atoms with van der Waals surface area (Å²) in [4.78, 5) is 24.3. The third-order valence-electron chi connectivity index (χ3n) is 6.43. The molecule has 6 nitrogen and oxygen atoms in total. The predicted molar refractivity (Wildman–Crippen MR) is 127 cm³/mol. The van der Waals surface area contributed by atoms with Crippen molar-refractivity contribution in [3.63, 3.8) is 0 Å². The van der Waals surface area contributed by atoms with Crippen LogP contribution in [0.25, 0.3) is 0 Å². The van der Waals surface area contributed by atoms with Crippen molar-refractivity contribution in [1.29, 1.82) is 0 Å². The molecule has 1 rings (SSSR count). The van der Waals surface area contributed by atoms with E-state index in [0.29, 0.717) is 31.5 Å². The molecule has 0 radical (unpaired) electrons. The van der Waals surface area contributed by atoms with Crippen LogP contribution in [-0.4, -0.2) is 37.7 Å². The number of carbonyl (C=O) groups excluding carboxylic acids is 2. The Morgan fingerprint density at radius 2 is 1.28 bits per heavy atom. The van der Waals surface area contributed by atoms with Gasteiger partial charge >= 0.3 is 12.3 Å². The van der Waals surface area contributed by atoms with Gasteiger partial charge in [-0.3, -0.25) is 0 Å². The highest BCUT2D eigenvalue weighted by Crippen LogP contribution is 2.25. The molecule has 1 saturated carbocycles. The molecule has 4 atom stereocenters. The summed E-state index contributed by atoms with van der Waals surface area (Å²) in [5.41, 5.74) is 0. The summed E-state index contributed by atoms with van der Waals surface area (Å²) < 4.78 is 21.8. The Morgan fingerprint density at radius 1 is 0.719 bits per heavy atom. The van der Waals surface area contributed by atoms with Crippen molar-refractivity contribution in [2.45, 2.75) is 130 Å². The SMILES string of the molecule is CCCCCC(CCC)COC(=O)OC1CCCC(OC(=O)OCC(CC)CCCC)C1. The second-order valence-corrected chi connectivity index (χ2v) is 9.34. The van der Waals surface area contributed by atoms with E-state index in [-0.39, 0.29) is 12.2 Å². The normalized spacial score (nSPS) is 20.2. The van der Waals surface area contributed by atoms with Gasteiger partial charge in [-0.25, -0.2) is 9.59 Å². The summed E-state index contributed by atoms with van der Waals surface area (Å²) in [6.45, 7) is 9.46. The Morgan fingerprint density at radius 3 is 1.81 bits per heavy atom. The first-order valence-electron chi connectivity index (χ1n) is 13.2. The van der Waals surface area contributed by atoms with Gasteiger partial charge in [-0.15, -0.1) is 0 Å². The maximum absolute atomic E-state index is 12.2. The first-order chi connectivity index (χ1) is 15.5. The second kappa shape index (κ2) is 18.0. The number of hydrogen-bond acceptors (Lipinski definition) is 6. The fourth-order valence-corrected chi connectivity index (χ4v) is 4.33. The summed E-state index contributed by atoms with van der Waals surface area (Å²) in [6.07, 6.45) is 12.3. The number of rotatable bonds is 16. The van der Waals surface area contributed by atoms with E-state index in [1.165, 1.54) is 19.3 Å². The van der Waals surface area contributed by atoms with Gasteiger partial charge in [0.05, 0.1) is 13.2 Å². The summed E-state index contributed by atoms with van der Waals surface area (Å²) in [7, 11) is 0. The molecule has 6 heteroatoms. The molecule has 0 bridgehead atoms. The van der Waals surface area contributed by atoms with Crippen molar-refractivity contribution in [2.75, 3.05) is 13.2 Å². The van der Waals surface area contributed by atoms with Crippen LogP contribution in [-0.2, 0) is 18.9 Å². The van der Waals surface area contributed by atoms with Crippen molar-refractivity contribution in [3.05, 3.63) is 0 Å². The van der Waals surface area contributed by atoms with E-state index < -0.39 is 12.3 Å². The zero-order valence-electron chi connectivity index (χ0n) is 21.1. The molecule has 0 heterocycles. The highest BCUT2D eigenvalue weighted by atomic mass is 16.7. The lowest BCUT2D eigenvalue weighted by molar-refractivity contribution is -0.0396. The Balaban J connectivity index is 2.32. The van der Waals surface area contributed by atoms with Crippen LogP contribution >= 0.6 is 0 Å². The van der Waals surface area contributed by atoms with Gasteiger partial charge in [-0.1, -0.05) is 72.6 Å². The Hall–Kier alpha value is -1.46. The Labute approximate surface area is 196 Å². The zero-order valence-corrected chi connectivity index (χ0v) is 21.1. The molecule has 0 N–H and O–H groups in total. The Kier molecular flexibility index (Phi) is 16.1. The highest BCUT2D eigenvalue weighted by molar-refractivity contribution is 5.60. The van der Waals surface area contributed by atoms with E-state index in [9.17, 15) is 9.59 Å². The van der Waals surface area contributed by atoms with E-state index in [1.807, 2.05) is 0 Å². The zero-order chi connectivity index (χ0) is 23.6. The first kappa shape index (κ1) is 28.6. The minimum absolute atomic E-state index is 0.272. The third-order valence-corrected chi connectivity index (χ3v) is 6.43. The van der Waals surface area contributed by atoms with E-state index in [2.05, 4.69) is 27.7 Å². The van der Waals surface area contributed by atoms with E-state index in [0.717, 1.165) is 64.2 Å². The quantitative estimate of drug-likeness (QED) is 0.174. The topological polar surface area (TPSA) is 71.1 Å². The fraction of sp³-hybridized carbons (Fsp3) is 0.923.